The average Bonchev–Trinajstić information content (AvgIpc) is 4.02. The lowest BCUT2D eigenvalue weighted by Crippen LogP contribution is -2.54. The smallest absolute Gasteiger partial charge is 0.264 e. The van der Waals surface area contributed by atoms with E-state index in [2.05, 4.69) is 25.8 Å². The van der Waals surface area contributed by atoms with Crippen molar-refractivity contribution >= 4 is 46.0 Å². The molecule has 5 amide bonds. The molecule has 4 heterocycles. The molecule has 2 aliphatic heterocycles. The van der Waals surface area contributed by atoms with Gasteiger partial charge in [0.25, 0.3) is 17.4 Å². The summed E-state index contributed by atoms with van der Waals surface area (Å²) in [6, 6.07) is 9.80. The maximum atomic E-state index is 13.3. The van der Waals surface area contributed by atoms with E-state index in [1.165, 1.54) is 0 Å². The Bertz CT molecular complexity index is 2410. The van der Waals surface area contributed by atoms with E-state index in [9.17, 15) is 28.8 Å². The number of aromatic nitrogens is 2. The molecule has 1 unspecified atom stereocenters. The van der Waals surface area contributed by atoms with E-state index in [0.717, 1.165) is 65.6 Å². The van der Waals surface area contributed by atoms with E-state index < -0.39 is 29.7 Å². The van der Waals surface area contributed by atoms with Crippen molar-refractivity contribution in [3.8, 4) is 22.6 Å². The fourth-order valence-corrected chi connectivity index (χ4v) is 9.04. The van der Waals surface area contributed by atoms with Crippen LogP contribution in [0.1, 0.15) is 71.2 Å². The van der Waals surface area contributed by atoms with Crippen molar-refractivity contribution in [3.05, 3.63) is 82.0 Å². The molecular weight excluding hydrogens is 743 g/mol. The largest absolute Gasteiger partial charge is 0.496 e. The molecule has 4 aliphatic rings. The zero-order valence-electron chi connectivity index (χ0n) is 33.1. The normalized spacial score (nSPS) is 21.8. The van der Waals surface area contributed by atoms with Crippen LogP contribution in [0.15, 0.2) is 59.8 Å². The molecule has 8 rings (SSSR count). The number of rotatable bonds is 16. The Morgan fingerprint density at radius 3 is 2.43 bits per heavy atom. The zero-order valence-corrected chi connectivity index (χ0v) is 33.1. The predicted molar refractivity (Wildman–Crippen MR) is 214 cm³/mol. The molecule has 2 aliphatic carbocycles. The minimum absolute atomic E-state index is 0.0273. The number of unbranched alkanes of at least 4 members (excludes halogenated alkanes) is 2. The Kier molecular flexibility index (Phi) is 10.0. The van der Waals surface area contributed by atoms with Gasteiger partial charge in [-0.3, -0.25) is 44.0 Å². The quantitative estimate of drug-likeness (QED) is 0.111. The number of aryl methyl sites for hydroxylation is 1. The standard InChI is InChI=1S/C43H47N7O8/c1-48(20-30-33(57-3)17-25(18-34(30)58-4)29-21-49(2)38(53)28-19-44-16-13-26(28)29)24-42-22-43(42,23-42)41(56)46-15-7-5-6-14-45-31-10-8-9-27-36(31)40(55)50(39(27)54)32-11-12-35(51)47-37(32)52/h8-10,13,16-19,21,32,45H,5-7,11-12,14-15,20,22-24H2,1-4H3,(H,46,56)(H,47,51,52). The molecule has 0 spiro atoms. The molecular formula is C43H47N7O8. The Hall–Kier alpha value is -6.09. The number of benzene rings is 2. The summed E-state index contributed by atoms with van der Waals surface area (Å²) in [5, 5.41) is 10.00. The van der Waals surface area contributed by atoms with Gasteiger partial charge in [-0.2, -0.15) is 0 Å². The van der Waals surface area contributed by atoms with E-state index in [4.69, 9.17) is 9.47 Å². The second-order valence-electron chi connectivity index (χ2n) is 16.0. The second kappa shape index (κ2) is 15.0. The van der Waals surface area contributed by atoms with Gasteiger partial charge in [0, 0.05) is 69.5 Å². The van der Waals surface area contributed by atoms with Gasteiger partial charge in [0.1, 0.15) is 17.5 Å². The lowest BCUT2D eigenvalue weighted by Gasteiger charge is -2.27. The zero-order chi connectivity index (χ0) is 40.9. The van der Waals surface area contributed by atoms with Gasteiger partial charge in [-0.15, -0.1) is 0 Å². The monoisotopic (exact) mass is 789 g/mol. The number of nitrogens with zero attached hydrogens (tertiary/aromatic N) is 4. The molecule has 302 valence electrons. The van der Waals surface area contributed by atoms with Crippen molar-refractivity contribution in [1.29, 1.82) is 0 Å². The molecule has 15 nitrogen and oxygen atoms in total. The number of amides is 5. The number of ether oxygens (including phenoxy) is 2. The Morgan fingerprint density at radius 1 is 0.966 bits per heavy atom. The fourth-order valence-electron chi connectivity index (χ4n) is 9.04. The number of imide groups is 2. The van der Waals surface area contributed by atoms with Gasteiger partial charge < -0.3 is 29.6 Å². The Labute approximate surface area is 335 Å². The van der Waals surface area contributed by atoms with Crippen LogP contribution < -0.4 is 31.0 Å². The number of hydrogen-bond acceptors (Lipinski definition) is 11. The third-order valence-electron chi connectivity index (χ3n) is 12.3. The number of methoxy groups -OCH3 is 2. The maximum Gasteiger partial charge on any atom is 0.264 e. The van der Waals surface area contributed by atoms with E-state index >= 15 is 0 Å². The van der Waals surface area contributed by atoms with E-state index in [1.807, 2.05) is 31.4 Å². The molecule has 0 bridgehead atoms. The van der Waals surface area contributed by atoms with Crippen molar-refractivity contribution in [1.82, 2.24) is 30.0 Å². The van der Waals surface area contributed by atoms with Crippen molar-refractivity contribution in [2.75, 3.05) is 46.2 Å². The number of anilines is 1. The van der Waals surface area contributed by atoms with E-state index in [0.29, 0.717) is 42.2 Å². The van der Waals surface area contributed by atoms with Crippen molar-refractivity contribution in [2.24, 2.45) is 17.9 Å². The lowest BCUT2D eigenvalue weighted by atomic mass is 9.99. The first-order valence-electron chi connectivity index (χ1n) is 19.7. The topological polar surface area (TPSA) is 181 Å². The molecule has 58 heavy (non-hydrogen) atoms. The van der Waals surface area contributed by atoms with Crippen LogP contribution >= 0.6 is 0 Å². The molecule has 3 N–H and O–H groups in total. The molecule has 3 fully saturated rings. The van der Waals surface area contributed by atoms with Gasteiger partial charge in [-0.05, 0) is 92.3 Å². The summed E-state index contributed by atoms with van der Waals surface area (Å²) < 4.78 is 13.3. The van der Waals surface area contributed by atoms with Crippen LogP contribution in [0, 0.1) is 10.8 Å². The van der Waals surface area contributed by atoms with Crippen LogP contribution in [0.3, 0.4) is 0 Å². The minimum atomic E-state index is -1.01. The number of carbonyl (C=O) groups excluding carboxylic acids is 5. The molecule has 2 saturated carbocycles. The van der Waals surface area contributed by atoms with Gasteiger partial charge in [0.15, 0.2) is 0 Å². The summed E-state index contributed by atoms with van der Waals surface area (Å²) in [4.78, 5) is 83.9. The van der Waals surface area contributed by atoms with Gasteiger partial charge in [0.05, 0.1) is 41.7 Å². The van der Waals surface area contributed by atoms with Crippen LogP contribution in [0.4, 0.5) is 5.69 Å². The van der Waals surface area contributed by atoms with Crippen LogP contribution in [0.25, 0.3) is 21.9 Å². The SMILES string of the molecule is COc1cc(-c2cn(C)c(=O)c3cnccc23)cc(OC)c1CN(C)CC12CC1(C(=O)NCCCCCNc1cccc3c1C(=O)N(C1CCC(=O)NC1=O)C3=O)C2. The number of pyridine rings is 2. The molecule has 0 radical (unpaired) electrons. The van der Waals surface area contributed by atoms with E-state index in [1.54, 1.807) is 56.4 Å². The molecule has 4 aromatic rings. The van der Waals surface area contributed by atoms with Crippen molar-refractivity contribution in [2.45, 2.75) is 57.5 Å². The van der Waals surface area contributed by atoms with Crippen molar-refractivity contribution < 1.29 is 33.4 Å². The highest BCUT2D eigenvalue weighted by Crippen LogP contribution is 2.86. The first kappa shape index (κ1) is 38.8. The predicted octanol–water partition coefficient (Wildman–Crippen LogP) is 3.63. The van der Waals surface area contributed by atoms with Crippen LogP contribution in [-0.4, -0.2) is 95.8 Å². The van der Waals surface area contributed by atoms with E-state index in [-0.39, 0.29) is 46.3 Å². The summed E-state index contributed by atoms with van der Waals surface area (Å²) in [5.74, 6) is -0.663. The highest BCUT2D eigenvalue weighted by molar-refractivity contribution is 6.25. The van der Waals surface area contributed by atoms with Crippen molar-refractivity contribution in [3.63, 3.8) is 0 Å². The van der Waals surface area contributed by atoms with Crippen LogP contribution in [0.2, 0.25) is 0 Å². The third-order valence-corrected chi connectivity index (χ3v) is 12.3. The highest BCUT2D eigenvalue weighted by atomic mass is 16.5. The molecule has 15 heteroatoms. The summed E-state index contributed by atoms with van der Waals surface area (Å²) in [6.45, 7) is 2.46. The average molecular weight is 790 g/mol. The number of hydrogen-bond donors (Lipinski definition) is 3. The summed E-state index contributed by atoms with van der Waals surface area (Å²) in [6.07, 6.45) is 9.41. The number of piperidine rings is 1. The van der Waals surface area contributed by atoms with Gasteiger partial charge in [0.2, 0.25) is 17.7 Å². The summed E-state index contributed by atoms with van der Waals surface area (Å²) in [5.41, 5.74) is 3.19. The third kappa shape index (κ3) is 6.66. The summed E-state index contributed by atoms with van der Waals surface area (Å²) in [7, 11) is 7.05. The second-order valence-corrected chi connectivity index (χ2v) is 16.0. The Morgan fingerprint density at radius 2 is 1.71 bits per heavy atom. The first-order valence-corrected chi connectivity index (χ1v) is 19.7. The first-order chi connectivity index (χ1) is 27.9. The molecule has 1 atom stereocenters. The van der Waals surface area contributed by atoms with Gasteiger partial charge >= 0.3 is 0 Å². The van der Waals surface area contributed by atoms with Crippen LogP contribution in [0.5, 0.6) is 11.5 Å². The molecule has 1 saturated heterocycles. The van der Waals surface area contributed by atoms with Crippen LogP contribution in [-0.2, 0) is 28.0 Å². The Balaban J connectivity index is 0.805. The highest BCUT2D eigenvalue weighted by Gasteiger charge is 2.86. The van der Waals surface area contributed by atoms with Gasteiger partial charge in [-0.1, -0.05) is 6.07 Å². The van der Waals surface area contributed by atoms with Gasteiger partial charge in [-0.25, -0.2) is 0 Å². The minimum Gasteiger partial charge on any atom is -0.496 e. The molecule has 2 aromatic carbocycles. The fraction of sp³-hybridized carbons (Fsp3) is 0.419. The number of nitrogens with one attached hydrogen (secondary N) is 3. The molecule has 2 aromatic heterocycles. The summed E-state index contributed by atoms with van der Waals surface area (Å²) >= 11 is 0. The maximum absolute atomic E-state index is 13.3. The number of fused-ring (bicyclic) bond motifs is 3. The lowest BCUT2D eigenvalue weighted by molar-refractivity contribution is -0.136. The number of carbonyl (C=O) groups is 5.